The van der Waals surface area contributed by atoms with E-state index < -0.39 is 0 Å². The van der Waals surface area contributed by atoms with Crippen LogP contribution in [-0.4, -0.2) is 60.5 Å². The molecule has 158 valence electrons. The molecule has 1 aromatic heterocycles. The van der Waals surface area contributed by atoms with E-state index in [9.17, 15) is 0 Å². The summed E-state index contributed by atoms with van der Waals surface area (Å²) < 4.78 is 0. The second-order valence-electron chi connectivity index (χ2n) is 8.90. The number of likely N-dealkylation sites (tertiary alicyclic amines) is 1. The van der Waals surface area contributed by atoms with Crippen molar-refractivity contribution in [3.05, 3.63) is 15.6 Å². The molecule has 0 amide bonds. The average molecular weight is 406 g/mol. The smallest absolute Gasteiger partial charge is 0.194 e. The highest BCUT2D eigenvalue weighted by atomic mass is 32.1. The molecule has 1 N–H and O–H groups in total. The topological polar surface area (TPSA) is 43.8 Å². The molecule has 0 spiro atoms. The van der Waals surface area contributed by atoms with E-state index in [-0.39, 0.29) is 0 Å². The highest BCUT2D eigenvalue weighted by molar-refractivity contribution is 7.11. The Balaban J connectivity index is 1.57. The molecule has 1 atom stereocenters. The van der Waals surface area contributed by atoms with Gasteiger partial charge in [0.05, 0.1) is 12.2 Å². The zero-order valence-corrected chi connectivity index (χ0v) is 19.2. The van der Waals surface area contributed by atoms with Gasteiger partial charge < -0.3 is 15.1 Å². The molecule has 0 radical (unpaired) electrons. The molecule has 1 fully saturated rings. The van der Waals surface area contributed by atoms with Crippen LogP contribution in [0, 0.1) is 11.8 Å². The lowest BCUT2D eigenvalue weighted by Crippen LogP contribution is -2.41. The van der Waals surface area contributed by atoms with Crippen molar-refractivity contribution < 1.29 is 0 Å². The zero-order valence-electron chi connectivity index (χ0n) is 18.3. The van der Waals surface area contributed by atoms with E-state index in [0.29, 0.717) is 5.92 Å². The van der Waals surface area contributed by atoms with Gasteiger partial charge in [0.2, 0.25) is 0 Å². The average Bonchev–Trinajstić information content (AvgIpc) is 3.07. The lowest BCUT2D eigenvalue weighted by molar-refractivity contribution is 0.162. The van der Waals surface area contributed by atoms with E-state index >= 15 is 0 Å². The van der Waals surface area contributed by atoms with Gasteiger partial charge in [-0.2, -0.15) is 0 Å². The Labute approximate surface area is 175 Å². The number of hydrogen-bond donors (Lipinski definition) is 1. The molecular formula is C22H39N5S. The van der Waals surface area contributed by atoms with Crippen molar-refractivity contribution in [2.75, 3.05) is 39.8 Å². The van der Waals surface area contributed by atoms with Crippen LogP contribution in [0.25, 0.3) is 0 Å². The summed E-state index contributed by atoms with van der Waals surface area (Å²) in [4.78, 5) is 16.3. The number of nitrogens with one attached hydrogen (secondary N) is 1. The summed E-state index contributed by atoms with van der Waals surface area (Å²) in [5, 5.41) is 4.72. The fourth-order valence-electron chi connectivity index (χ4n) is 4.42. The largest absolute Gasteiger partial charge is 0.357 e. The molecule has 1 unspecified atom stereocenters. The van der Waals surface area contributed by atoms with Crippen molar-refractivity contribution in [3.63, 3.8) is 0 Å². The quantitative estimate of drug-likeness (QED) is 0.554. The predicted octanol–water partition coefficient (Wildman–Crippen LogP) is 3.79. The van der Waals surface area contributed by atoms with Crippen molar-refractivity contribution in [3.8, 4) is 0 Å². The summed E-state index contributed by atoms with van der Waals surface area (Å²) in [5.74, 6) is 2.45. The summed E-state index contributed by atoms with van der Waals surface area (Å²) in [5.41, 5.74) is 1.36. The van der Waals surface area contributed by atoms with Crippen molar-refractivity contribution in [2.24, 2.45) is 16.8 Å². The number of thiazole rings is 1. The molecule has 3 rings (SSSR count). The summed E-state index contributed by atoms with van der Waals surface area (Å²) in [6.07, 6.45) is 7.62. The molecule has 0 aromatic carbocycles. The van der Waals surface area contributed by atoms with Gasteiger partial charge in [-0.1, -0.05) is 13.8 Å². The van der Waals surface area contributed by atoms with Crippen molar-refractivity contribution >= 4 is 17.3 Å². The molecule has 1 aliphatic heterocycles. The molecule has 1 aromatic rings. The Kier molecular flexibility index (Phi) is 8.15. The Morgan fingerprint density at radius 1 is 1.32 bits per heavy atom. The molecule has 1 aliphatic carbocycles. The monoisotopic (exact) mass is 405 g/mol. The lowest BCUT2D eigenvalue weighted by Gasteiger charge is -2.33. The maximum Gasteiger partial charge on any atom is 0.194 e. The standard InChI is InChI=1S/C22H39N5S/c1-5-23-22(24-13-18-9-8-12-27(15-18)14-17(2)3)26(4)16-21-25-19-10-6-7-11-20(19)28-21/h17-18H,5-16H2,1-4H3,(H,23,24). The maximum atomic E-state index is 5.01. The molecule has 0 bridgehead atoms. The minimum absolute atomic E-state index is 0.682. The molecule has 5 nitrogen and oxygen atoms in total. The van der Waals surface area contributed by atoms with Crippen molar-refractivity contribution in [1.29, 1.82) is 0 Å². The zero-order chi connectivity index (χ0) is 19.9. The van der Waals surface area contributed by atoms with Gasteiger partial charge in [-0.3, -0.25) is 4.99 Å². The van der Waals surface area contributed by atoms with Crippen LogP contribution in [0.1, 0.15) is 62.0 Å². The van der Waals surface area contributed by atoms with E-state index in [4.69, 9.17) is 9.98 Å². The van der Waals surface area contributed by atoms with E-state index in [1.807, 2.05) is 11.3 Å². The van der Waals surface area contributed by atoms with Crippen molar-refractivity contribution in [2.45, 2.75) is 65.8 Å². The van der Waals surface area contributed by atoms with Crippen LogP contribution in [-0.2, 0) is 19.4 Å². The third kappa shape index (κ3) is 6.18. The minimum Gasteiger partial charge on any atom is -0.357 e. The van der Waals surface area contributed by atoms with Gasteiger partial charge in [0.15, 0.2) is 5.96 Å². The van der Waals surface area contributed by atoms with E-state index in [1.54, 1.807) is 0 Å². The van der Waals surface area contributed by atoms with Crippen LogP contribution in [0.4, 0.5) is 0 Å². The first kappa shape index (κ1) is 21.6. The number of aromatic nitrogens is 1. The summed E-state index contributed by atoms with van der Waals surface area (Å²) in [6.45, 7) is 13.1. The van der Waals surface area contributed by atoms with Crippen molar-refractivity contribution in [1.82, 2.24) is 20.1 Å². The maximum absolute atomic E-state index is 5.01. The predicted molar refractivity (Wildman–Crippen MR) is 120 cm³/mol. The third-order valence-electron chi connectivity index (χ3n) is 5.68. The normalized spacial score (nSPS) is 21.0. The van der Waals surface area contributed by atoms with Gasteiger partial charge in [-0.05, 0) is 63.8 Å². The molecule has 2 aliphatic rings. The Morgan fingerprint density at radius 3 is 2.89 bits per heavy atom. The second-order valence-corrected chi connectivity index (χ2v) is 10.1. The Morgan fingerprint density at radius 2 is 2.14 bits per heavy atom. The lowest BCUT2D eigenvalue weighted by atomic mass is 9.97. The highest BCUT2D eigenvalue weighted by Crippen LogP contribution is 2.27. The summed E-state index contributed by atoms with van der Waals surface area (Å²) >= 11 is 1.91. The van der Waals surface area contributed by atoms with E-state index in [2.05, 4.69) is 42.9 Å². The number of aliphatic imine (C=N–C) groups is 1. The number of aryl methyl sites for hydroxylation is 2. The number of nitrogens with zero attached hydrogens (tertiary/aromatic N) is 4. The van der Waals surface area contributed by atoms with Crippen LogP contribution >= 0.6 is 11.3 Å². The number of piperidine rings is 1. The molecule has 0 saturated carbocycles. The number of fused-ring (bicyclic) bond motifs is 1. The molecule has 1 saturated heterocycles. The van der Waals surface area contributed by atoms with Gasteiger partial charge in [-0.25, -0.2) is 4.98 Å². The van der Waals surface area contributed by atoms with Gasteiger partial charge in [-0.15, -0.1) is 11.3 Å². The fourth-order valence-corrected chi connectivity index (χ4v) is 5.63. The number of hydrogen-bond acceptors (Lipinski definition) is 4. The van der Waals surface area contributed by atoms with Crippen LogP contribution in [0.5, 0.6) is 0 Å². The highest BCUT2D eigenvalue weighted by Gasteiger charge is 2.21. The fraction of sp³-hybridized carbons (Fsp3) is 0.818. The van der Waals surface area contributed by atoms with Gasteiger partial charge in [0, 0.05) is 38.1 Å². The first-order valence-corrected chi connectivity index (χ1v) is 12.1. The minimum atomic E-state index is 0.682. The summed E-state index contributed by atoms with van der Waals surface area (Å²) in [6, 6.07) is 0. The van der Waals surface area contributed by atoms with Crippen LogP contribution in [0.3, 0.4) is 0 Å². The first-order valence-electron chi connectivity index (χ1n) is 11.2. The number of rotatable bonds is 7. The SMILES string of the molecule is CCNC(=NCC1CCCN(CC(C)C)C1)N(C)Cc1nc2c(s1)CCCC2. The van der Waals surface area contributed by atoms with Crippen LogP contribution in [0.15, 0.2) is 4.99 Å². The van der Waals surface area contributed by atoms with Crippen LogP contribution in [0.2, 0.25) is 0 Å². The molecule has 2 heterocycles. The molecule has 6 heteroatoms. The van der Waals surface area contributed by atoms with Gasteiger partial charge in [0.1, 0.15) is 5.01 Å². The Hall–Kier alpha value is -1.14. The van der Waals surface area contributed by atoms with Gasteiger partial charge >= 0.3 is 0 Å². The van der Waals surface area contributed by atoms with E-state index in [0.717, 1.165) is 37.9 Å². The number of guanidine groups is 1. The molecular weight excluding hydrogens is 366 g/mol. The van der Waals surface area contributed by atoms with Gasteiger partial charge in [0.25, 0.3) is 0 Å². The summed E-state index contributed by atoms with van der Waals surface area (Å²) in [7, 11) is 2.15. The van der Waals surface area contributed by atoms with E-state index in [1.165, 1.54) is 67.3 Å². The van der Waals surface area contributed by atoms with Crippen LogP contribution < -0.4 is 5.32 Å². The molecule has 28 heavy (non-hydrogen) atoms. The first-order chi connectivity index (χ1) is 13.5. The Bertz CT molecular complexity index is 615. The second kappa shape index (κ2) is 10.6. The third-order valence-corrected chi connectivity index (χ3v) is 6.83.